The number of allylic oxidation sites excluding steroid dienone is 4. The van der Waals surface area contributed by atoms with Gasteiger partial charge in [-0.1, -0.05) is 38.1 Å². The number of hydrogen-bond donors (Lipinski definition) is 0. The average Bonchev–Trinajstić information content (AvgIpc) is 3.82. The van der Waals surface area contributed by atoms with Crippen molar-refractivity contribution >= 4 is 17.3 Å². The predicted molar refractivity (Wildman–Crippen MR) is 226 cm³/mol. The minimum absolute atomic E-state index is 0.0137. The smallest absolute Gasteiger partial charge is 0.306 e. The van der Waals surface area contributed by atoms with Crippen LogP contribution in [0.1, 0.15) is 91.0 Å². The Hall–Kier alpha value is -2.68. The Labute approximate surface area is 357 Å². The summed E-state index contributed by atoms with van der Waals surface area (Å²) in [6.07, 6.45) is 7.75. The van der Waals surface area contributed by atoms with Gasteiger partial charge in [0.25, 0.3) is 0 Å². The Morgan fingerprint density at radius 2 is 1.53 bits per heavy atom. The molecule has 12 heteroatoms. The molecule has 1 saturated carbocycles. The van der Waals surface area contributed by atoms with Crippen molar-refractivity contribution in [1.82, 2.24) is 4.90 Å². The van der Waals surface area contributed by atoms with E-state index in [2.05, 4.69) is 57.1 Å². The number of carbonyl (C=O) groups is 2. The third-order valence-corrected chi connectivity index (χ3v) is 14.8. The minimum Gasteiger partial charge on any atom is -0.497 e. The maximum atomic E-state index is 15.1. The summed E-state index contributed by atoms with van der Waals surface area (Å²) in [7, 11) is 10.8. The number of cyclic esters (lactones) is 1. The van der Waals surface area contributed by atoms with E-state index >= 15 is 4.79 Å². The molecule has 12 nitrogen and oxygen atoms in total. The van der Waals surface area contributed by atoms with Crippen molar-refractivity contribution in [2.24, 2.45) is 35.5 Å². The Morgan fingerprint density at radius 1 is 0.783 bits per heavy atom. The van der Waals surface area contributed by atoms with E-state index in [0.717, 1.165) is 61.8 Å². The van der Waals surface area contributed by atoms with Crippen LogP contribution in [0.2, 0.25) is 0 Å². The molecule has 6 unspecified atom stereocenters. The SMILES string of the molecule is CC[C@H]1CCC[C@H](O[C@H]2CC[C@H](N(C)C)C(C)O2)[C@@H](C)C(=O)C2=C[C@@H]3C(C=C(c4cccc(OC)c4)C4C[C@@H](O[C@@H]5OC(C)[C@H](OC)C(OC)C5OC)C[C@H]43)[C@@H]2CC(=O)O1. The highest BCUT2D eigenvalue weighted by atomic mass is 16.7. The lowest BCUT2D eigenvalue weighted by Gasteiger charge is -2.44. The lowest BCUT2D eigenvalue weighted by Crippen LogP contribution is -2.59. The molecule has 0 spiro atoms. The fraction of sp³-hybridized carbons (Fsp3) is 0.750. The van der Waals surface area contributed by atoms with Gasteiger partial charge in [0.05, 0.1) is 37.9 Å². The molecular formula is C48H71NO11. The van der Waals surface area contributed by atoms with Gasteiger partial charge in [0, 0.05) is 39.2 Å². The van der Waals surface area contributed by atoms with Crippen molar-refractivity contribution in [3.05, 3.63) is 47.6 Å². The molecule has 7 rings (SSSR count). The maximum Gasteiger partial charge on any atom is 0.306 e. The van der Waals surface area contributed by atoms with Crippen LogP contribution >= 0.6 is 0 Å². The number of carbonyl (C=O) groups excluding carboxylic acids is 2. The van der Waals surface area contributed by atoms with Crippen LogP contribution in [0.5, 0.6) is 5.75 Å². The zero-order valence-corrected chi connectivity index (χ0v) is 37.6. The van der Waals surface area contributed by atoms with E-state index in [4.69, 9.17) is 42.6 Å². The highest BCUT2D eigenvalue weighted by Crippen LogP contribution is 2.58. The molecule has 17 atom stereocenters. The molecule has 60 heavy (non-hydrogen) atoms. The van der Waals surface area contributed by atoms with E-state index in [-0.39, 0.29) is 96.8 Å². The van der Waals surface area contributed by atoms with E-state index in [9.17, 15) is 4.79 Å². The summed E-state index contributed by atoms with van der Waals surface area (Å²) in [6, 6.07) is 8.52. The van der Waals surface area contributed by atoms with Gasteiger partial charge >= 0.3 is 5.97 Å². The molecule has 334 valence electrons. The standard InChI is InChI=1S/C48H71NO11/c1-11-30-15-13-17-41(60-43-19-18-40(49(5)6)27(3)56-43)26(2)44(51)39-24-37-35-22-32(59-48-47(55-10)46(54-9)45(53-8)28(4)57-48)21-34(35)33(29-14-12-16-31(20-29)52-7)23-36(37)38(39)25-42(50)58-30/h12,14,16,20,23-24,26-28,30,32,34-38,40-41,43,45-48H,11,13,15,17-19,21-22,25H2,1-10H3/t26-,27?,28?,30+,32-,34?,35-,36?,37+,38+,40+,41+,43+,45+,46?,47?,48+/m1/s1. The molecule has 4 fully saturated rings. The maximum absolute atomic E-state index is 15.1. The van der Waals surface area contributed by atoms with Gasteiger partial charge in [-0.3, -0.25) is 9.59 Å². The fourth-order valence-electron chi connectivity index (χ4n) is 11.6. The number of nitrogens with zero attached hydrogens (tertiary/aromatic N) is 1. The molecule has 0 amide bonds. The molecule has 3 aliphatic heterocycles. The number of ketones is 1. The number of hydrogen-bond acceptors (Lipinski definition) is 12. The van der Waals surface area contributed by atoms with Crippen molar-refractivity contribution in [1.29, 1.82) is 0 Å². The molecule has 3 heterocycles. The zero-order chi connectivity index (χ0) is 42.8. The Balaban J connectivity index is 1.21. The molecule has 1 aromatic carbocycles. The lowest BCUT2D eigenvalue weighted by atomic mass is 9.66. The highest BCUT2D eigenvalue weighted by Gasteiger charge is 2.54. The van der Waals surface area contributed by atoms with Crippen LogP contribution in [0.25, 0.3) is 5.57 Å². The monoisotopic (exact) mass is 838 g/mol. The predicted octanol–water partition coefficient (Wildman–Crippen LogP) is 7.02. The number of fused-ring (bicyclic) bond motifs is 5. The number of Topliss-reactive ketones (excluding diaryl/α,β-unsaturated/α-hetero) is 1. The molecule has 6 aliphatic rings. The van der Waals surface area contributed by atoms with Crippen LogP contribution in [-0.4, -0.2) is 127 Å². The molecule has 3 aliphatic carbocycles. The molecule has 0 bridgehead atoms. The first-order chi connectivity index (χ1) is 28.9. The highest BCUT2D eigenvalue weighted by molar-refractivity contribution is 5.99. The summed E-state index contributed by atoms with van der Waals surface area (Å²) in [4.78, 5) is 31.2. The van der Waals surface area contributed by atoms with Crippen molar-refractivity contribution in [2.45, 2.75) is 153 Å². The van der Waals surface area contributed by atoms with Gasteiger partial charge in [-0.25, -0.2) is 0 Å². The zero-order valence-electron chi connectivity index (χ0n) is 37.6. The van der Waals surface area contributed by atoms with E-state index in [1.807, 2.05) is 26.0 Å². The average molecular weight is 838 g/mol. The van der Waals surface area contributed by atoms with Crippen LogP contribution in [0.15, 0.2) is 42.0 Å². The molecule has 0 radical (unpaired) electrons. The Kier molecular flexibility index (Phi) is 15.0. The summed E-state index contributed by atoms with van der Waals surface area (Å²) < 4.78 is 56.1. The second kappa shape index (κ2) is 19.8. The van der Waals surface area contributed by atoms with Gasteiger partial charge < -0.3 is 47.5 Å². The van der Waals surface area contributed by atoms with Crippen molar-refractivity contribution in [3.8, 4) is 5.75 Å². The first-order valence-corrected chi connectivity index (χ1v) is 22.6. The van der Waals surface area contributed by atoms with Gasteiger partial charge in [-0.05, 0) is 132 Å². The Bertz CT molecular complexity index is 1700. The summed E-state index contributed by atoms with van der Waals surface area (Å²) >= 11 is 0. The number of likely N-dealkylation sites (N-methyl/N-ethyl adjacent to an activating group) is 1. The third kappa shape index (κ3) is 9.32. The van der Waals surface area contributed by atoms with Crippen LogP contribution < -0.4 is 4.74 Å². The molecule has 0 aromatic heterocycles. The largest absolute Gasteiger partial charge is 0.497 e. The second-order valence-corrected chi connectivity index (χ2v) is 18.4. The minimum atomic E-state index is -0.658. The lowest BCUT2D eigenvalue weighted by molar-refractivity contribution is -0.314. The van der Waals surface area contributed by atoms with Gasteiger partial charge in [0.15, 0.2) is 18.4 Å². The van der Waals surface area contributed by atoms with Gasteiger partial charge in [-0.2, -0.15) is 0 Å². The number of rotatable bonds is 11. The summed E-state index contributed by atoms with van der Waals surface area (Å²) in [5.41, 5.74) is 3.00. The first-order valence-electron chi connectivity index (χ1n) is 22.6. The van der Waals surface area contributed by atoms with E-state index in [1.54, 1.807) is 28.4 Å². The summed E-state index contributed by atoms with van der Waals surface area (Å²) in [5, 5.41) is 0. The fourth-order valence-corrected chi connectivity index (χ4v) is 11.6. The van der Waals surface area contributed by atoms with E-state index < -0.39 is 18.3 Å². The van der Waals surface area contributed by atoms with Crippen LogP contribution in [0.4, 0.5) is 0 Å². The normalized spacial score (nSPS) is 41.3. The van der Waals surface area contributed by atoms with E-state index in [0.29, 0.717) is 12.5 Å². The second-order valence-electron chi connectivity index (χ2n) is 18.4. The number of benzene rings is 1. The Morgan fingerprint density at radius 3 is 2.22 bits per heavy atom. The van der Waals surface area contributed by atoms with Crippen molar-refractivity contribution in [3.63, 3.8) is 0 Å². The number of methoxy groups -OCH3 is 4. The quantitative estimate of drug-likeness (QED) is 0.213. The molecule has 0 N–H and O–H groups in total. The number of esters is 1. The van der Waals surface area contributed by atoms with Crippen LogP contribution in [-0.2, 0) is 47.5 Å². The summed E-state index contributed by atoms with van der Waals surface area (Å²) in [5.74, 6) is 0.0427. The van der Waals surface area contributed by atoms with Gasteiger partial charge in [-0.15, -0.1) is 0 Å². The molecule has 3 saturated heterocycles. The van der Waals surface area contributed by atoms with Gasteiger partial charge in [0.1, 0.15) is 30.2 Å². The number of ether oxygens (including phenoxy) is 9. The first kappa shape index (κ1) is 45.3. The summed E-state index contributed by atoms with van der Waals surface area (Å²) in [6.45, 7) is 8.17. The van der Waals surface area contributed by atoms with Crippen LogP contribution in [0.3, 0.4) is 0 Å². The van der Waals surface area contributed by atoms with Crippen molar-refractivity contribution in [2.75, 3.05) is 42.5 Å². The third-order valence-electron chi connectivity index (χ3n) is 14.8. The topological polar surface area (TPSA) is 120 Å². The van der Waals surface area contributed by atoms with Crippen molar-refractivity contribution < 1.29 is 52.2 Å². The van der Waals surface area contributed by atoms with E-state index in [1.165, 1.54) is 5.57 Å². The molecular weight excluding hydrogens is 767 g/mol. The van der Waals surface area contributed by atoms with Gasteiger partial charge in [0.2, 0.25) is 0 Å². The molecule has 1 aromatic rings. The van der Waals surface area contributed by atoms with Crippen LogP contribution in [0, 0.1) is 35.5 Å².